The number of benzene rings is 1. The van der Waals surface area contributed by atoms with Crippen LogP contribution in [0.2, 0.25) is 0 Å². The summed E-state index contributed by atoms with van der Waals surface area (Å²) >= 11 is 0. The zero-order valence-electron chi connectivity index (χ0n) is 8.83. The molecule has 2 heteroatoms. The average Bonchev–Trinajstić information content (AvgIpc) is 2.20. The second-order valence-corrected chi connectivity index (χ2v) is 2.36. The van der Waals surface area contributed by atoms with Crippen molar-refractivity contribution in [3.63, 3.8) is 0 Å². The number of hydrogen-bond donors (Lipinski definition) is 0. The summed E-state index contributed by atoms with van der Waals surface area (Å²) in [6.45, 7) is 6.35. The van der Waals surface area contributed by atoms with Crippen molar-refractivity contribution in [2.75, 3.05) is 13.9 Å². The third kappa shape index (κ3) is 5.26. The standard InChI is InChI=1S/C9H12O2.C2H6/c1-8-3-5-9(6-4-8)11-7-10-2;1-2/h3-6H,7H2,1-2H3;1-2H3. The van der Waals surface area contributed by atoms with Gasteiger partial charge in [-0.2, -0.15) is 0 Å². The fourth-order valence-electron chi connectivity index (χ4n) is 0.761. The first kappa shape index (κ1) is 12.0. The summed E-state index contributed by atoms with van der Waals surface area (Å²) in [6.07, 6.45) is 0. The van der Waals surface area contributed by atoms with E-state index in [-0.39, 0.29) is 0 Å². The molecule has 0 bridgehead atoms. The lowest BCUT2D eigenvalue weighted by Gasteiger charge is -2.03. The van der Waals surface area contributed by atoms with Gasteiger partial charge >= 0.3 is 0 Å². The highest BCUT2D eigenvalue weighted by Crippen LogP contribution is 2.10. The van der Waals surface area contributed by atoms with E-state index in [4.69, 9.17) is 9.47 Å². The van der Waals surface area contributed by atoms with Crippen LogP contribution in [-0.4, -0.2) is 13.9 Å². The van der Waals surface area contributed by atoms with Crippen LogP contribution in [0.1, 0.15) is 19.4 Å². The van der Waals surface area contributed by atoms with Crippen molar-refractivity contribution in [1.82, 2.24) is 0 Å². The number of hydrogen-bond acceptors (Lipinski definition) is 2. The molecule has 0 unspecified atom stereocenters. The molecule has 0 aliphatic heterocycles. The molecule has 0 saturated heterocycles. The Morgan fingerprint density at radius 3 is 2.08 bits per heavy atom. The predicted octanol–water partition coefficient (Wildman–Crippen LogP) is 3.00. The summed E-state index contributed by atoms with van der Waals surface area (Å²) in [4.78, 5) is 0. The van der Waals surface area contributed by atoms with Crippen molar-refractivity contribution >= 4 is 0 Å². The molecule has 74 valence electrons. The Hall–Kier alpha value is -1.02. The van der Waals surface area contributed by atoms with Crippen molar-refractivity contribution in [3.8, 4) is 5.75 Å². The molecule has 0 aromatic heterocycles. The normalized spacial score (nSPS) is 8.62. The van der Waals surface area contributed by atoms with Crippen LogP contribution in [0.3, 0.4) is 0 Å². The van der Waals surface area contributed by atoms with Crippen LogP contribution < -0.4 is 4.74 Å². The van der Waals surface area contributed by atoms with Crippen LogP contribution in [0.4, 0.5) is 0 Å². The van der Waals surface area contributed by atoms with Gasteiger partial charge in [-0.25, -0.2) is 0 Å². The Labute approximate surface area is 80.5 Å². The van der Waals surface area contributed by atoms with Crippen LogP contribution >= 0.6 is 0 Å². The van der Waals surface area contributed by atoms with Gasteiger partial charge in [-0.05, 0) is 19.1 Å². The van der Waals surface area contributed by atoms with Crippen LogP contribution in [0.25, 0.3) is 0 Å². The summed E-state index contributed by atoms with van der Waals surface area (Å²) in [5.41, 5.74) is 1.23. The first-order valence-electron chi connectivity index (χ1n) is 4.51. The number of ether oxygens (including phenoxy) is 2. The van der Waals surface area contributed by atoms with E-state index < -0.39 is 0 Å². The highest BCUT2D eigenvalue weighted by Gasteiger charge is 1.89. The molecule has 0 saturated carbocycles. The molecular formula is C11H18O2. The van der Waals surface area contributed by atoms with Crippen LogP contribution in [0, 0.1) is 6.92 Å². The monoisotopic (exact) mass is 182 g/mol. The molecule has 2 nitrogen and oxygen atoms in total. The number of rotatable bonds is 3. The average molecular weight is 182 g/mol. The SMILES string of the molecule is CC.COCOc1ccc(C)cc1. The molecular weight excluding hydrogens is 164 g/mol. The van der Waals surface area contributed by atoms with Gasteiger partial charge in [0, 0.05) is 7.11 Å². The first-order chi connectivity index (χ1) is 6.33. The smallest absolute Gasteiger partial charge is 0.188 e. The topological polar surface area (TPSA) is 18.5 Å². The summed E-state index contributed by atoms with van der Waals surface area (Å²) in [5.74, 6) is 0.845. The predicted molar refractivity (Wildman–Crippen MR) is 55.0 cm³/mol. The van der Waals surface area contributed by atoms with Crippen molar-refractivity contribution in [1.29, 1.82) is 0 Å². The Bertz CT molecular complexity index is 204. The van der Waals surface area contributed by atoms with E-state index in [0.29, 0.717) is 6.79 Å². The van der Waals surface area contributed by atoms with E-state index in [2.05, 4.69) is 0 Å². The Morgan fingerprint density at radius 1 is 1.08 bits per heavy atom. The molecule has 0 radical (unpaired) electrons. The van der Waals surface area contributed by atoms with Gasteiger partial charge in [0.05, 0.1) is 0 Å². The van der Waals surface area contributed by atoms with Crippen LogP contribution in [0.5, 0.6) is 5.75 Å². The number of methoxy groups -OCH3 is 1. The van der Waals surface area contributed by atoms with Gasteiger partial charge in [-0.3, -0.25) is 0 Å². The Morgan fingerprint density at radius 2 is 1.62 bits per heavy atom. The molecule has 1 aromatic carbocycles. The lowest BCUT2D eigenvalue weighted by atomic mass is 10.2. The molecule has 0 heterocycles. The molecule has 0 spiro atoms. The lowest BCUT2D eigenvalue weighted by molar-refractivity contribution is 0.0511. The van der Waals surface area contributed by atoms with Gasteiger partial charge in [0.1, 0.15) is 5.75 Å². The minimum absolute atomic E-state index is 0.309. The van der Waals surface area contributed by atoms with E-state index in [0.717, 1.165) is 5.75 Å². The minimum atomic E-state index is 0.309. The van der Waals surface area contributed by atoms with Gasteiger partial charge in [0.25, 0.3) is 0 Å². The van der Waals surface area contributed by atoms with Crippen LogP contribution in [0.15, 0.2) is 24.3 Å². The van der Waals surface area contributed by atoms with Gasteiger partial charge in [0.2, 0.25) is 0 Å². The zero-order valence-corrected chi connectivity index (χ0v) is 8.83. The molecule has 13 heavy (non-hydrogen) atoms. The molecule has 1 aromatic rings. The second-order valence-electron chi connectivity index (χ2n) is 2.36. The first-order valence-corrected chi connectivity index (χ1v) is 4.51. The van der Waals surface area contributed by atoms with Crippen molar-refractivity contribution in [3.05, 3.63) is 29.8 Å². The molecule has 0 fully saturated rings. The maximum atomic E-state index is 5.19. The quantitative estimate of drug-likeness (QED) is 0.669. The molecule has 0 aliphatic rings. The van der Waals surface area contributed by atoms with Crippen molar-refractivity contribution in [2.24, 2.45) is 0 Å². The van der Waals surface area contributed by atoms with Gasteiger partial charge < -0.3 is 9.47 Å². The van der Waals surface area contributed by atoms with Crippen molar-refractivity contribution < 1.29 is 9.47 Å². The van der Waals surface area contributed by atoms with Crippen molar-refractivity contribution in [2.45, 2.75) is 20.8 Å². The van der Waals surface area contributed by atoms with E-state index in [1.807, 2.05) is 45.0 Å². The largest absolute Gasteiger partial charge is 0.468 e. The van der Waals surface area contributed by atoms with Crippen LogP contribution in [-0.2, 0) is 4.74 Å². The lowest BCUT2D eigenvalue weighted by Crippen LogP contribution is -1.98. The van der Waals surface area contributed by atoms with E-state index in [1.54, 1.807) is 7.11 Å². The zero-order chi connectivity index (χ0) is 10.1. The highest BCUT2D eigenvalue weighted by atomic mass is 16.7. The summed E-state index contributed by atoms with van der Waals surface area (Å²) in [7, 11) is 1.61. The second kappa shape index (κ2) is 7.62. The van der Waals surface area contributed by atoms with E-state index in [9.17, 15) is 0 Å². The van der Waals surface area contributed by atoms with Gasteiger partial charge in [0.15, 0.2) is 6.79 Å². The maximum absolute atomic E-state index is 5.19. The van der Waals surface area contributed by atoms with Gasteiger partial charge in [-0.1, -0.05) is 31.5 Å². The molecule has 0 amide bonds. The molecule has 0 N–H and O–H groups in total. The maximum Gasteiger partial charge on any atom is 0.188 e. The summed E-state index contributed by atoms with van der Waals surface area (Å²) in [5, 5.41) is 0. The molecule has 1 rings (SSSR count). The Kier molecular flexibility index (Phi) is 7.02. The van der Waals surface area contributed by atoms with E-state index >= 15 is 0 Å². The molecule has 0 aliphatic carbocycles. The fraction of sp³-hybridized carbons (Fsp3) is 0.455. The summed E-state index contributed by atoms with van der Waals surface area (Å²) < 4.78 is 9.94. The fourth-order valence-corrected chi connectivity index (χ4v) is 0.761. The highest BCUT2D eigenvalue weighted by molar-refractivity contribution is 5.26. The van der Waals surface area contributed by atoms with Gasteiger partial charge in [-0.15, -0.1) is 0 Å². The summed E-state index contributed by atoms with van der Waals surface area (Å²) in [6, 6.07) is 7.86. The Balaban J connectivity index is 0.000000671. The van der Waals surface area contributed by atoms with E-state index in [1.165, 1.54) is 5.56 Å². The number of aryl methyl sites for hydroxylation is 1. The minimum Gasteiger partial charge on any atom is -0.468 e. The third-order valence-electron chi connectivity index (χ3n) is 1.36. The third-order valence-corrected chi connectivity index (χ3v) is 1.36. The molecule has 0 atom stereocenters.